The molecule has 1 N–H and O–H groups in total. The van der Waals surface area contributed by atoms with E-state index < -0.39 is 5.62 Å². The Bertz CT molecular complexity index is 306. The first-order valence-electron chi connectivity index (χ1n) is 6.82. The quantitative estimate of drug-likeness (QED) is 0.411. The Morgan fingerprint density at radius 1 is 1.50 bits per heavy atom. The van der Waals surface area contributed by atoms with Crippen LogP contribution in [0, 0.1) is 0 Å². The minimum absolute atomic E-state index is 0.496. The highest BCUT2D eigenvalue weighted by atomic mass is 32.9. The van der Waals surface area contributed by atoms with Crippen molar-refractivity contribution in [2.45, 2.75) is 64.2 Å². The van der Waals surface area contributed by atoms with E-state index in [2.05, 4.69) is 23.9 Å². The van der Waals surface area contributed by atoms with Crippen LogP contribution in [0.2, 0.25) is 0 Å². The Morgan fingerprint density at radius 3 is 2.72 bits per heavy atom. The van der Waals surface area contributed by atoms with E-state index in [1.54, 1.807) is 11.4 Å². The average Bonchev–Trinajstić information content (AvgIpc) is 2.82. The molecule has 1 saturated carbocycles. The zero-order valence-corrected chi connectivity index (χ0v) is 14.1. The largest absolute Gasteiger partial charge is 0.327 e. The molecular weight excluding hydrogens is 283 g/mol. The summed E-state index contributed by atoms with van der Waals surface area (Å²) in [5, 5.41) is 3.79. The summed E-state index contributed by atoms with van der Waals surface area (Å²) in [6, 6.07) is 0.496. The second kappa shape index (κ2) is 8.57. The Labute approximate surface area is 120 Å². The molecule has 0 bridgehead atoms. The summed E-state index contributed by atoms with van der Waals surface area (Å²) >= 11 is 7.39. The monoisotopic (exact) mass is 308 g/mol. The third-order valence-electron chi connectivity index (χ3n) is 3.02. The van der Waals surface area contributed by atoms with Crippen molar-refractivity contribution in [1.29, 1.82) is 0 Å². The van der Waals surface area contributed by atoms with Gasteiger partial charge in [-0.05, 0) is 38.0 Å². The zero-order chi connectivity index (χ0) is 13.4. The molecule has 3 nitrogen and oxygen atoms in total. The predicted molar refractivity (Wildman–Crippen MR) is 87.1 cm³/mol. The van der Waals surface area contributed by atoms with Gasteiger partial charge in [0, 0.05) is 5.25 Å². The molecule has 0 aromatic rings. The summed E-state index contributed by atoms with van der Waals surface area (Å²) < 4.78 is 5.75. The molecule has 0 saturated heterocycles. The van der Waals surface area contributed by atoms with E-state index in [1.165, 1.54) is 25.7 Å². The van der Waals surface area contributed by atoms with E-state index in [0.29, 0.717) is 17.9 Å². The lowest BCUT2D eigenvalue weighted by atomic mass is 10.3. The van der Waals surface area contributed by atoms with Gasteiger partial charge in [-0.25, -0.2) is 0 Å². The van der Waals surface area contributed by atoms with Gasteiger partial charge in [-0.15, -0.1) is 0 Å². The first kappa shape index (κ1) is 16.5. The Morgan fingerprint density at radius 2 is 2.17 bits per heavy atom. The molecule has 0 radical (unpaired) electrons. The zero-order valence-electron chi connectivity index (χ0n) is 11.6. The highest BCUT2D eigenvalue weighted by Crippen LogP contribution is 2.58. The van der Waals surface area contributed by atoms with Gasteiger partial charge in [0.05, 0.1) is 19.0 Å². The van der Waals surface area contributed by atoms with Crippen LogP contribution >= 0.6 is 17.0 Å². The van der Waals surface area contributed by atoms with Crippen LogP contribution in [0.4, 0.5) is 0 Å². The predicted octanol–water partition coefficient (Wildman–Crippen LogP) is 4.34. The molecule has 0 aliphatic heterocycles. The minimum Gasteiger partial charge on any atom is -0.327 e. The fourth-order valence-electron chi connectivity index (χ4n) is 1.84. The second-order valence-electron chi connectivity index (χ2n) is 4.59. The molecule has 2 atom stereocenters. The molecule has 0 aromatic carbocycles. The lowest BCUT2D eigenvalue weighted by Gasteiger charge is -2.23. The summed E-state index contributed by atoms with van der Waals surface area (Å²) in [5.41, 5.74) is -2.00. The van der Waals surface area contributed by atoms with Crippen molar-refractivity contribution in [3.8, 4) is 0 Å². The van der Waals surface area contributed by atoms with Crippen molar-refractivity contribution in [3.05, 3.63) is 0 Å². The Balaban J connectivity index is 2.47. The normalized spacial score (nSPS) is 22.2. The number of hydrogen-bond acceptors (Lipinski definition) is 4. The van der Waals surface area contributed by atoms with E-state index in [0.717, 1.165) is 6.42 Å². The lowest BCUT2D eigenvalue weighted by Crippen LogP contribution is -2.12. The average molecular weight is 308 g/mol. The maximum absolute atomic E-state index is 5.75. The fourth-order valence-corrected chi connectivity index (χ4v) is 7.68. The van der Waals surface area contributed by atoms with Gasteiger partial charge in [0.15, 0.2) is 0 Å². The summed E-state index contributed by atoms with van der Waals surface area (Å²) in [7, 11) is 0. The van der Waals surface area contributed by atoms with Crippen LogP contribution < -0.4 is 5.09 Å². The lowest BCUT2D eigenvalue weighted by molar-refractivity contribution is 0.383. The molecule has 106 valence electrons. The van der Waals surface area contributed by atoms with Crippen LogP contribution in [0.1, 0.15) is 52.9 Å². The summed E-state index contributed by atoms with van der Waals surface area (Å²) in [6.07, 6.45) is 7.97. The van der Waals surface area contributed by atoms with Gasteiger partial charge in [-0.1, -0.05) is 38.1 Å². The third kappa shape index (κ3) is 6.05. The van der Waals surface area contributed by atoms with Crippen LogP contribution in [-0.2, 0) is 16.3 Å². The first-order valence-corrected chi connectivity index (χ1v) is 11.0. The van der Waals surface area contributed by atoms with Crippen molar-refractivity contribution in [1.82, 2.24) is 5.09 Å². The number of nitrogens with one attached hydrogen (secondary N) is 1. The first-order chi connectivity index (χ1) is 8.59. The highest BCUT2D eigenvalue weighted by Gasteiger charge is 2.20. The van der Waals surface area contributed by atoms with Crippen molar-refractivity contribution in [3.63, 3.8) is 0 Å². The van der Waals surface area contributed by atoms with Crippen molar-refractivity contribution in [2.24, 2.45) is 4.99 Å². The van der Waals surface area contributed by atoms with Gasteiger partial charge in [0.1, 0.15) is 0 Å². The molecule has 0 heterocycles. The van der Waals surface area contributed by atoms with Gasteiger partial charge >= 0.3 is 0 Å². The van der Waals surface area contributed by atoms with E-state index in [9.17, 15) is 0 Å². The summed E-state index contributed by atoms with van der Waals surface area (Å²) in [4.78, 5) is 4.56. The van der Waals surface area contributed by atoms with Gasteiger partial charge < -0.3 is 9.61 Å². The molecule has 1 rings (SSSR count). The molecule has 0 aromatic heterocycles. The fraction of sp³-hybridized carbons (Fsp3) is 0.917. The van der Waals surface area contributed by atoms with Crippen molar-refractivity contribution >= 4 is 35.1 Å². The van der Waals surface area contributed by atoms with Crippen molar-refractivity contribution in [2.75, 3.05) is 6.61 Å². The van der Waals surface area contributed by atoms with Crippen LogP contribution in [0.5, 0.6) is 0 Å². The van der Waals surface area contributed by atoms with E-state index in [-0.39, 0.29) is 0 Å². The van der Waals surface area contributed by atoms with Crippen molar-refractivity contribution < 1.29 is 4.52 Å². The van der Waals surface area contributed by atoms with E-state index in [4.69, 9.17) is 16.3 Å². The molecule has 1 fully saturated rings. The maximum Gasteiger partial charge on any atom is 0.211 e. The SMILES string of the molecule is CCOP(=S)(NC=NC1CCCC1)SC(C)CC. The van der Waals surface area contributed by atoms with Crippen LogP contribution in [0.3, 0.4) is 0 Å². The third-order valence-corrected chi connectivity index (χ3v) is 8.97. The number of aliphatic imine (C=N–C) groups is 1. The standard InChI is InChI=1S/C12H25N2OPS2/c1-4-11(3)18-16(17,15-5-2)14-10-13-12-8-6-7-9-12/h10-12H,4-9H2,1-3H3,(H,13,14,17). The number of rotatable bonds is 8. The minimum atomic E-state index is -2.00. The van der Waals surface area contributed by atoms with Crippen LogP contribution in [0.15, 0.2) is 4.99 Å². The van der Waals surface area contributed by atoms with Gasteiger partial charge in [-0.3, -0.25) is 4.99 Å². The van der Waals surface area contributed by atoms with Gasteiger partial charge in [0.25, 0.3) is 0 Å². The molecule has 1 aliphatic carbocycles. The Kier molecular flexibility index (Phi) is 7.85. The second-order valence-corrected chi connectivity index (χ2v) is 11.5. The molecule has 18 heavy (non-hydrogen) atoms. The highest BCUT2D eigenvalue weighted by molar-refractivity contribution is 8.69. The summed E-state index contributed by atoms with van der Waals surface area (Å²) in [5.74, 6) is 0. The summed E-state index contributed by atoms with van der Waals surface area (Å²) in [6.45, 7) is 7.02. The maximum atomic E-state index is 5.75. The number of hydrogen-bond donors (Lipinski definition) is 1. The van der Waals surface area contributed by atoms with E-state index >= 15 is 0 Å². The molecule has 1 aliphatic rings. The molecule has 0 spiro atoms. The van der Waals surface area contributed by atoms with Crippen LogP contribution in [0.25, 0.3) is 0 Å². The molecule has 2 unspecified atom stereocenters. The topological polar surface area (TPSA) is 33.6 Å². The van der Waals surface area contributed by atoms with Gasteiger partial charge in [-0.2, -0.15) is 0 Å². The molecule has 0 amide bonds. The van der Waals surface area contributed by atoms with Crippen LogP contribution in [-0.4, -0.2) is 24.2 Å². The molecular formula is C12H25N2OPS2. The smallest absolute Gasteiger partial charge is 0.211 e. The van der Waals surface area contributed by atoms with Gasteiger partial charge in [0.2, 0.25) is 5.62 Å². The Hall–Kier alpha value is 0.430. The van der Waals surface area contributed by atoms with E-state index in [1.807, 2.05) is 13.3 Å². The molecule has 6 heteroatoms. The number of nitrogens with zero attached hydrogens (tertiary/aromatic N) is 1.